The molecule has 5 rings (SSSR count). The number of ether oxygens (including phenoxy) is 2. The normalized spacial score (nSPS) is 22.1. The number of tetrazole rings is 1. The van der Waals surface area contributed by atoms with Gasteiger partial charge < -0.3 is 24.3 Å². The SMILES string of the molecule is C[NH+]1CC[NH+]([C@@H](c2cc3cc4c(cc3[nH]c2=O)OCO4)c2nnnn2C(C)(C)C)CC1. The molecule has 2 aromatic heterocycles. The maximum absolute atomic E-state index is 13.3. The lowest BCUT2D eigenvalue weighted by atomic mass is 10.0. The highest BCUT2D eigenvalue weighted by molar-refractivity contribution is 5.83. The standard InChI is InChI=1S/C21H27N7O3/c1-21(2,3)28-19(23-24-25-28)18(27-7-5-26(4)6-8-27)14-9-13-10-16-17(31-12-30-16)11-15(13)22-20(14)29/h9-11,18H,5-8,12H2,1-4H3,(H,22,29)/p+2/t18-/m0/s1. The summed E-state index contributed by atoms with van der Waals surface area (Å²) < 4.78 is 12.8. The van der Waals surface area contributed by atoms with Gasteiger partial charge in [0.1, 0.15) is 26.2 Å². The first-order valence-corrected chi connectivity index (χ1v) is 10.7. The molecule has 3 N–H and O–H groups in total. The van der Waals surface area contributed by atoms with Gasteiger partial charge in [-0.2, -0.15) is 0 Å². The molecule has 1 saturated heterocycles. The van der Waals surface area contributed by atoms with Crippen LogP contribution in [-0.4, -0.2) is 65.2 Å². The molecule has 0 bridgehead atoms. The van der Waals surface area contributed by atoms with Crippen LogP contribution >= 0.6 is 0 Å². The number of benzene rings is 1. The Hall–Kier alpha value is -2.98. The zero-order chi connectivity index (χ0) is 21.8. The van der Waals surface area contributed by atoms with Gasteiger partial charge in [-0.3, -0.25) is 4.79 Å². The summed E-state index contributed by atoms with van der Waals surface area (Å²) in [6, 6.07) is 5.44. The van der Waals surface area contributed by atoms with Crippen LogP contribution in [-0.2, 0) is 5.54 Å². The molecule has 0 unspecified atom stereocenters. The summed E-state index contributed by atoms with van der Waals surface area (Å²) in [5.74, 6) is 2.06. The third-order valence-corrected chi connectivity index (χ3v) is 6.22. The van der Waals surface area contributed by atoms with Crippen molar-refractivity contribution in [3.05, 3.63) is 39.9 Å². The zero-order valence-corrected chi connectivity index (χ0v) is 18.4. The van der Waals surface area contributed by atoms with Crippen LogP contribution in [0.25, 0.3) is 10.9 Å². The lowest BCUT2D eigenvalue weighted by molar-refractivity contribution is -1.02. The number of hydrogen-bond donors (Lipinski definition) is 3. The molecule has 164 valence electrons. The number of H-pyrrole nitrogens is 1. The van der Waals surface area contributed by atoms with Gasteiger partial charge in [0.15, 0.2) is 17.5 Å². The first kappa shape index (κ1) is 20.0. The van der Waals surface area contributed by atoms with E-state index in [0.717, 1.165) is 37.1 Å². The number of quaternary nitrogens is 2. The van der Waals surface area contributed by atoms with Gasteiger partial charge in [0, 0.05) is 11.5 Å². The number of piperazine rings is 1. The molecule has 0 radical (unpaired) electrons. The Bertz CT molecular complexity index is 1170. The van der Waals surface area contributed by atoms with E-state index in [4.69, 9.17) is 9.47 Å². The van der Waals surface area contributed by atoms with Gasteiger partial charge in [0.2, 0.25) is 12.6 Å². The summed E-state index contributed by atoms with van der Waals surface area (Å²) in [7, 11) is 2.20. The molecule has 0 saturated carbocycles. The van der Waals surface area contributed by atoms with Crippen LogP contribution in [0, 0.1) is 0 Å². The first-order chi connectivity index (χ1) is 14.8. The van der Waals surface area contributed by atoms with Crippen LogP contribution in [0.5, 0.6) is 11.5 Å². The summed E-state index contributed by atoms with van der Waals surface area (Å²) in [6.07, 6.45) is 0. The lowest BCUT2D eigenvalue weighted by Crippen LogP contribution is -3.27. The molecule has 1 fully saturated rings. The van der Waals surface area contributed by atoms with Crippen molar-refractivity contribution in [2.75, 3.05) is 40.0 Å². The summed E-state index contributed by atoms with van der Waals surface area (Å²) in [5.41, 5.74) is 0.967. The Kier molecular flexibility index (Phi) is 4.71. The van der Waals surface area contributed by atoms with Gasteiger partial charge in [-0.1, -0.05) is 0 Å². The Morgan fingerprint density at radius 2 is 1.81 bits per heavy atom. The second-order valence-corrected chi connectivity index (χ2v) is 9.51. The molecular weight excluding hydrogens is 398 g/mol. The van der Waals surface area contributed by atoms with Crippen molar-refractivity contribution in [3.8, 4) is 11.5 Å². The van der Waals surface area contributed by atoms with Gasteiger partial charge in [0.05, 0.1) is 23.7 Å². The average molecular weight is 428 g/mol. The number of aromatic amines is 1. The van der Waals surface area contributed by atoms with E-state index in [1.807, 2.05) is 22.9 Å². The van der Waals surface area contributed by atoms with Gasteiger partial charge in [-0.15, -0.1) is 5.10 Å². The third kappa shape index (κ3) is 3.55. The lowest BCUT2D eigenvalue weighted by Gasteiger charge is -2.33. The largest absolute Gasteiger partial charge is 0.454 e. The minimum absolute atomic E-state index is 0.126. The Balaban J connectivity index is 1.67. The number of nitrogens with one attached hydrogen (secondary N) is 3. The van der Waals surface area contributed by atoms with Gasteiger partial charge >= 0.3 is 0 Å². The number of fused-ring (bicyclic) bond motifs is 2. The van der Waals surface area contributed by atoms with E-state index in [1.54, 1.807) is 0 Å². The fourth-order valence-corrected chi connectivity index (χ4v) is 4.51. The van der Waals surface area contributed by atoms with Crippen LogP contribution in [0.3, 0.4) is 0 Å². The zero-order valence-electron chi connectivity index (χ0n) is 18.4. The maximum atomic E-state index is 13.3. The van der Waals surface area contributed by atoms with Crippen LogP contribution in [0.4, 0.5) is 0 Å². The fraction of sp³-hybridized carbons (Fsp3) is 0.524. The monoisotopic (exact) mass is 427 g/mol. The second kappa shape index (κ2) is 7.31. The minimum atomic E-state index is -0.302. The molecule has 10 nitrogen and oxygen atoms in total. The van der Waals surface area contributed by atoms with E-state index < -0.39 is 0 Å². The number of pyridine rings is 1. The molecule has 10 heteroatoms. The van der Waals surface area contributed by atoms with Crippen molar-refractivity contribution in [2.45, 2.75) is 32.4 Å². The van der Waals surface area contributed by atoms with E-state index in [2.05, 4.69) is 48.3 Å². The molecule has 1 aromatic carbocycles. The van der Waals surface area contributed by atoms with Crippen molar-refractivity contribution in [1.82, 2.24) is 25.2 Å². The summed E-state index contributed by atoms with van der Waals surface area (Å²) in [4.78, 5) is 19.2. The molecule has 0 aliphatic carbocycles. The number of nitrogens with zero attached hydrogens (tertiary/aromatic N) is 4. The van der Waals surface area contributed by atoms with Crippen molar-refractivity contribution < 1.29 is 19.3 Å². The maximum Gasteiger partial charge on any atom is 0.258 e. The molecule has 1 atom stereocenters. The predicted octanol–water partition coefficient (Wildman–Crippen LogP) is -1.50. The summed E-state index contributed by atoms with van der Waals surface area (Å²) in [5, 5.41) is 13.6. The van der Waals surface area contributed by atoms with Crippen LogP contribution in [0.15, 0.2) is 23.0 Å². The molecule has 3 aromatic rings. The molecule has 0 spiro atoms. The number of aromatic nitrogens is 5. The number of hydrogen-bond acceptors (Lipinski definition) is 6. The van der Waals surface area contributed by atoms with Crippen molar-refractivity contribution in [3.63, 3.8) is 0 Å². The molecule has 0 amide bonds. The smallest absolute Gasteiger partial charge is 0.258 e. The van der Waals surface area contributed by atoms with Crippen molar-refractivity contribution in [1.29, 1.82) is 0 Å². The topological polar surface area (TPSA) is 104 Å². The highest BCUT2D eigenvalue weighted by atomic mass is 16.7. The van der Waals surface area contributed by atoms with E-state index in [0.29, 0.717) is 22.9 Å². The Morgan fingerprint density at radius 1 is 1.10 bits per heavy atom. The highest BCUT2D eigenvalue weighted by Crippen LogP contribution is 2.35. The quantitative estimate of drug-likeness (QED) is 0.470. The molecule has 2 aliphatic heterocycles. The fourth-order valence-electron chi connectivity index (χ4n) is 4.51. The predicted molar refractivity (Wildman–Crippen MR) is 113 cm³/mol. The highest BCUT2D eigenvalue weighted by Gasteiger charge is 2.38. The molecular formula is C21H29N7O3+2. The number of rotatable bonds is 3. The van der Waals surface area contributed by atoms with Gasteiger partial charge in [-0.25, -0.2) is 4.68 Å². The van der Waals surface area contributed by atoms with Crippen LogP contribution < -0.4 is 24.8 Å². The van der Waals surface area contributed by atoms with Gasteiger partial charge in [-0.05, 0) is 43.3 Å². The van der Waals surface area contributed by atoms with Crippen molar-refractivity contribution in [2.24, 2.45) is 0 Å². The van der Waals surface area contributed by atoms with E-state index in [1.165, 1.54) is 9.80 Å². The van der Waals surface area contributed by atoms with E-state index in [-0.39, 0.29) is 23.9 Å². The molecule has 2 aliphatic rings. The molecule has 4 heterocycles. The Labute approximate surface area is 179 Å². The van der Waals surface area contributed by atoms with Crippen molar-refractivity contribution >= 4 is 10.9 Å². The minimum Gasteiger partial charge on any atom is -0.454 e. The van der Waals surface area contributed by atoms with Crippen LogP contribution in [0.1, 0.15) is 38.2 Å². The summed E-state index contributed by atoms with van der Waals surface area (Å²) in [6.45, 7) is 10.3. The second-order valence-electron chi connectivity index (χ2n) is 9.51. The Morgan fingerprint density at radius 3 is 2.52 bits per heavy atom. The summed E-state index contributed by atoms with van der Waals surface area (Å²) >= 11 is 0. The number of likely N-dealkylation sites (N-methyl/N-ethyl adjacent to an activating group) is 1. The van der Waals surface area contributed by atoms with E-state index >= 15 is 0 Å². The first-order valence-electron chi connectivity index (χ1n) is 10.7. The van der Waals surface area contributed by atoms with E-state index in [9.17, 15) is 4.79 Å². The van der Waals surface area contributed by atoms with Crippen LogP contribution in [0.2, 0.25) is 0 Å². The third-order valence-electron chi connectivity index (χ3n) is 6.22. The average Bonchev–Trinajstić information content (AvgIpc) is 3.37. The van der Waals surface area contributed by atoms with Gasteiger partial charge in [0.25, 0.3) is 5.56 Å². The molecule has 31 heavy (non-hydrogen) atoms.